The van der Waals surface area contributed by atoms with Crippen LogP contribution in [-0.4, -0.2) is 26.2 Å². The lowest BCUT2D eigenvalue weighted by Gasteiger charge is -2.15. The zero-order chi connectivity index (χ0) is 18.0. The number of aromatic nitrogens is 1. The molecule has 0 bridgehead atoms. The van der Waals surface area contributed by atoms with Crippen molar-refractivity contribution in [3.8, 4) is 5.75 Å². The highest BCUT2D eigenvalue weighted by molar-refractivity contribution is 7.92. The number of nitrogens with one attached hydrogen (secondary N) is 1. The largest absolute Gasteiger partial charge is 0.482 e. The molecule has 0 saturated heterocycles. The Morgan fingerprint density at radius 3 is 2.54 bits per heavy atom. The molecule has 0 amide bonds. The highest BCUT2D eigenvalue weighted by atomic mass is 35.5. The van der Waals surface area contributed by atoms with Gasteiger partial charge in [-0.1, -0.05) is 23.2 Å². The molecular formula is C13H9Cl2F3N2O3S. The Hall–Kier alpha value is -1.71. The topological polar surface area (TPSA) is 68.3 Å². The van der Waals surface area contributed by atoms with Crippen LogP contribution < -0.4 is 9.46 Å². The highest BCUT2D eigenvalue weighted by Crippen LogP contribution is 2.32. The van der Waals surface area contributed by atoms with Crippen LogP contribution in [0.5, 0.6) is 5.75 Å². The SMILES string of the molecule is O=S(=O)(Nc1cc(Cl)ccc1OCC(F)(F)F)c1cccnc1Cl. The fraction of sp³-hybridized carbons (Fsp3) is 0.154. The van der Waals surface area contributed by atoms with Gasteiger partial charge < -0.3 is 4.74 Å². The van der Waals surface area contributed by atoms with Crippen molar-refractivity contribution in [1.29, 1.82) is 0 Å². The molecule has 1 aromatic carbocycles. The van der Waals surface area contributed by atoms with Crippen LogP contribution in [0.25, 0.3) is 0 Å². The van der Waals surface area contributed by atoms with Gasteiger partial charge in [0.1, 0.15) is 15.8 Å². The fourth-order valence-electron chi connectivity index (χ4n) is 1.64. The minimum Gasteiger partial charge on any atom is -0.482 e. The van der Waals surface area contributed by atoms with Crippen molar-refractivity contribution in [2.75, 3.05) is 11.3 Å². The van der Waals surface area contributed by atoms with Gasteiger partial charge in [0.15, 0.2) is 6.61 Å². The molecule has 1 N–H and O–H groups in total. The molecule has 1 aromatic heterocycles. The van der Waals surface area contributed by atoms with Gasteiger partial charge >= 0.3 is 6.18 Å². The standard InChI is InChI=1S/C13H9Cl2F3N2O3S/c14-8-3-4-10(23-7-13(16,17)18)9(6-8)20-24(21,22)11-2-1-5-19-12(11)15/h1-6,20H,7H2. The van der Waals surface area contributed by atoms with Crippen molar-refractivity contribution in [3.05, 3.63) is 46.7 Å². The smallest absolute Gasteiger partial charge is 0.422 e. The summed E-state index contributed by atoms with van der Waals surface area (Å²) in [6.45, 7) is -1.59. The number of alkyl halides is 3. The van der Waals surface area contributed by atoms with Crippen LogP contribution in [0.2, 0.25) is 10.2 Å². The van der Waals surface area contributed by atoms with Crippen molar-refractivity contribution in [2.45, 2.75) is 11.1 Å². The Morgan fingerprint density at radius 2 is 1.92 bits per heavy atom. The first kappa shape index (κ1) is 18.6. The summed E-state index contributed by atoms with van der Waals surface area (Å²) in [5.41, 5.74) is -0.258. The number of nitrogens with zero attached hydrogens (tertiary/aromatic N) is 1. The molecule has 130 valence electrons. The molecule has 0 spiro atoms. The van der Waals surface area contributed by atoms with Crippen LogP contribution in [-0.2, 0) is 10.0 Å². The number of halogens is 5. The molecule has 0 aliphatic carbocycles. The van der Waals surface area contributed by atoms with E-state index in [0.717, 1.165) is 12.1 Å². The number of pyridine rings is 1. The summed E-state index contributed by atoms with van der Waals surface area (Å²) >= 11 is 11.5. The predicted octanol–water partition coefficient (Wildman–Crippen LogP) is 4.13. The minimum atomic E-state index is -4.58. The van der Waals surface area contributed by atoms with Gasteiger partial charge in [0, 0.05) is 11.2 Å². The monoisotopic (exact) mass is 400 g/mol. The van der Waals surface area contributed by atoms with Gasteiger partial charge in [-0.25, -0.2) is 13.4 Å². The third kappa shape index (κ3) is 4.89. The second-order valence-corrected chi connectivity index (χ2v) is 6.89. The van der Waals surface area contributed by atoms with Gasteiger partial charge in [0.2, 0.25) is 0 Å². The summed E-state index contributed by atoms with van der Waals surface area (Å²) in [6.07, 6.45) is -3.29. The summed E-state index contributed by atoms with van der Waals surface area (Å²) in [6, 6.07) is 6.05. The molecule has 0 aliphatic heterocycles. The number of ether oxygens (including phenoxy) is 1. The zero-order valence-corrected chi connectivity index (χ0v) is 14.0. The van der Waals surface area contributed by atoms with E-state index in [4.69, 9.17) is 23.2 Å². The Morgan fingerprint density at radius 1 is 1.21 bits per heavy atom. The van der Waals surface area contributed by atoms with Crippen LogP contribution in [0.15, 0.2) is 41.4 Å². The Balaban J connectivity index is 2.35. The van der Waals surface area contributed by atoms with Crippen LogP contribution in [0.1, 0.15) is 0 Å². The first-order chi connectivity index (χ1) is 11.1. The van der Waals surface area contributed by atoms with Crippen molar-refractivity contribution in [1.82, 2.24) is 4.98 Å². The molecule has 0 aliphatic rings. The summed E-state index contributed by atoms with van der Waals surface area (Å²) < 4.78 is 68.2. The van der Waals surface area contributed by atoms with E-state index in [2.05, 4.69) is 14.4 Å². The number of anilines is 1. The van der Waals surface area contributed by atoms with E-state index < -0.39 is 22.8 Å². The molecule has 0 fully saturated rings. The van der Waals surface area contributed by atoms with Gasteiger partial charge in [0.25, 0.3) is 10.0 Å². The Kier molecular flexibility index (Phi) is 5.46. The minimum absolute atomic E-state index is 0.101. The third-order valence-electron chi connectivity index (χ3n) is 2.59. The average Bonchev–Trinajstić information content (AvgIpc) is 2.45. The van der Waals surface area contributed by atoms with Crippen LogP contribution in [0.3, 0.4) is 0 Å². The molecule has 0 atom stereocenters. The zero-order valence-electron chi connectivity index (χ0n) is 11.6. The Bertz CT molecular complexity index is 845. The van der Waals surface area contributed by atoms with Crippen LogP contribution >= 0.6 is 23.2 Å². The van der Waals surface area contributed by atoms with E-state index in [-0.39, 0.29) is 26.5 Å². The fourth-order valence-corrected chi connectivity index (χ4v) is 3.33. The van der Waals surface area contributed by atoms with Gasteiger partial charge in [-0.05, 0) is 30.3 Å². The lowest BCUT2D eigenvalue weighted by Crippen LogP contribution is -2.20. The molecule has 24 heavy (non-hydrogen) atoms. The summed E-state index contributed by atoms with van der Waals surface area (Å²) in [5.74, 6) is -0.333. The van der Waals surface area contributed by atoms with Gasteiger partial charge in [-0.15, -0.1) is 0 Å². The maximum Gasteiger partial charge on any atom is 0.422 e. The van der Waals surface area contributed by atoms with Crippen molar-refractivity contribution in [3.63, 3.8) is 0 Å². The molecular weight excluding hydrogens is 392 g/mol. The molecule has 0 unspecified atom stereocenters. The number of hydrogen-bond acceptors (Lipinski definition) is 4. The quantitative estimate of drug-likeness (QED) is 0.766. The van der Waals surface area contributed by atoms with Crippen LogP contribution in [0, 0.1) is 0 Å². The maximum atomic E-state index is 12.3. The summed E-state index contributed by atoms with van der Waals surface area (Å²) in [4.78, 5) is 3.30. The van der Waals surface area contributed by atoms with Crippen molar-refractivity contribution < 1.29 is 26.3 Å². The molecule has 5 nitrogen and oxygen atoms in total. The summed E-state index contributed by atoms with van der Waals surface area (Å²) in [7, 11) is -4.20. The second kappa shape index (κ2) is 7.04. The lowest BCUT2D eigenvalue weighted by molar-refractivity contribution is -0.153. The van der Waals surface area contributed by atoms with E-state index in [1.807, 2.05) is 0 Å². The maximum absolute atomic E-state index is 12.3. The van der Waals surface area contributed by atoms with Gasteiger partial charge in [-0.3, -0.25) is 4.72 Å². The molecule has 11 heteroatoms. The second-order valence-electron chi connectivity index (χ2n) is 4.44. The number of rotatable bonds is 5. The molecule has 0 radical (unpaired) electrons. The normalized spacial score (nSPS) is 12.0. The van der Waals surface area contributed by atoms with Gasteiger partial charge in [-0.2, -0.15) is 13.2 Å². The molecule has 0 saturated carbocycles. The van der Waals surface area contributed by atoms with Crippen molar-refractivity contribution >= 4 is 38.9 Å². The van der Waals surface area contributed by atoms with E-state index >= 15 is 0 Å². The molecule has 2 rings (SSSR count). The molecule has 2 aromatic rings. The Labute approximate surface area is 145 Å². The lowest BCUT2D eigenvalue weighted by atomic mass is 10.3. The van der Waals surface area contributed by atoms with E-state index in [0.29, 0.717) is 0 Å². The highest BCUT2D eigenvalue weighted by Gasteiger charge is 2.29. The van der Waals surface area contributed by atoms with Crippen molar-refractivity contribution in [2.24, 2.45) is 0 Å². The summed E-state index contributed by atoms with van der Waals surface area (Å²) in [5, 5.41) is -0.186. The first-order valence-electron chi connectivity index (χ1n) is 6.21. The molecule has 1 heterocycles. The number of benzene rings is 1. The van der Waals surface area contributed by atoms with E-state index in [1.165, 1.54) is 24.4 Å². The van der Waals surface area contributed by atoms with Gasteiger partial charge in [0.05, 0.1) is 5.69 Å². The van der Waals surface area contributed by atoms with Crippen LogP contribution in [0.4, 0.5) is 18.9 Å². The first-order valence-corrected chi connectivity index (χ1v) is 8.45. The van der Waals surface area contributed by atoms with E-state index in [1.54, 1.807) is 0 Å². The predicted molar refractivity (Wildman–Crippen MR) is 83.1 cm³/mol. The number of sulfonamides is 1. The number of hydrogen-bond donors (Lipinski definition) is 1. The van der Waals surface area contributed by atoms with E-state index in [9.17, 15) is 21.6 Å². The third-order valence-corrected chi connectivity index (χ3v) is 4.64. The average molecular weight is 401 g/mol.